The number of ether oxygens (including phenoxy) is 2. The first-order valence-electron chi connectivity index (χ1n) is 37.6. The standard InChI is InChI=1S/C78H144NO8P/c1-6-8-10-12-14-16-18-20-22-24-26-28-30-32-34-35-36-37-38-39-40-41-42-43-45-47-49-51-53-55-57-59-61-63-65-67-69-71-78(81)87-76(75-86-88(82,83)85-73-72-79(3,4)5)74-84-77(80)70-68-66-64-62-60-58-56-54-52-50-48-46-44-33-31-29-27-25-23-21-19-17-15-13-11-9-7-2/h8,10,14,16,19-22,25-28,76H,6-7,9,11-13,15,17-18,23-24,29-75H2,1-5H3/b10-8-,16-14-,21-19-,22-20-,27-25-,28-26-. The van der Waals surface area contributed by atoms with Gasteiger partial charge in [0.1, 0.15) is 19.8 Å². The summed E-state index contributed by atoms with van der Waals surface area (Å²) in [5.74, 6) is -0.815. The SMILES string of the molecule is CC/C=C\C/C=C\C/C=C\C/C=C\CCCCCCCCCCCCCCCCCCCCCCCCCCC(=O)OC(COC(=O)CCCCCCCCCCCCCCCCC/C=C\C/C=C\CCCCCCC)COP(=O)([O-])OCC[N+](C)(C)C. The van der Waals surface area contributed by atoms with E-state index in [2.05, 4.69) is 86.8 Å². The van der Waals surface area contributed by atoms with Gasteiger partial charge in [-0.05, 0) is 83.5 Å². The summed E-state index contributed by atoms with van der Waals surface area (Å²) in [5.41, 5.74) is 0. The molecule has 10 heteroatoms. The second kappa shape index (κ2) is 68.8. The minimum atomic E-state index is -4.64. The third kappa shape index (κ3) is 72.5. The molecular formula is C78H144NO8P. The topological polar surface area (TPSA) is 111 Å². The molecule has 0 amide bonds. The van der Waals surface area contributed by atoms with Gasteiger partial charge in [0.15, 0.2) is 6.10 Å². The summed E-state index contributed by atoms with van der Waals surface area (Å²) in [7, 11) is 1.18. The third-order valence-electron chi connectivity index (χ3n) is 16.7. The highest BCUT2D eigenvalue weighted by Gasteiger charge is 2.22. The van der Waals surface area contributed by atoms with Crippen LogP contribution in [-0.2, 0) is 32.7 Å². The number of phosphoric acid groups is 1. The third-order valence-corrected chi connectivity index (χ3v) is 17.7. The van der Waals surface area contributed by atoms with Crippen LogP contribution in [0, 0.1) is 0 Å². The number of phosphoric ester groups is 1. The van der Waals surface area contributed by atoms with Crippen LogP contribution in [0.3, 0.4) is 0 Å². The van der Waals surface area contributed by atoms with Crippen molar-refractivity contribution in [2.45, 2.75) is 367 Å². The summed E-state index contributed by atoms with van der Waals surface area (Å²) < 4.78 is 34.4. The average molecular weight is 1250 g/mol. The van der Waals surface area contributed by atoms with Crippen LogP contribution in [0.1, 0.15) is 361 Å². The maximum Gasteiger partial charge on any atom is 0.306 e. The van der Waals surface area contributed by atoms with Crippen molar-refractivity contribution in [3.63, 3.8) is 0 Å². The Morgan fingerprint density at radius 2 is 0.648 bits per heavy atom. The van der Waals surface area contributed by atoms with E-state index in [9.17, 15) is 19.0 Å². The number of unbranched alkanes of at least 4 members (excludes halogenated alkanes) is 44. The zero-order chi connectivity index (χ0) is 64.1. The molecule has 88 heavy (non-hydrogen) atoms. The molecule has 0 aliphatic rings. The van der Waals surface area contributed by atoms with E-state index in [1.54, 1.807) is 0 Å². The van der Waals surface area contributed by atoms with Gasteiger partial charge in [-0.1, -0.05) is 337 Å². The molecular weight excluding hydrogens is 1110 g/mol. The second-order valence-electron chi connectivity index (χ2n) is 26.6. The molecule has 9 nitrogen and oxygen atoms in total. The number of quaternary nitrogens is 1. The molecule has 0 heterocycles. The van der Waals surface area contributed by atoms with Crippen LogP contribution in [0.2, 0.25) is 0 Å². The summed E-state index contributed by atoms with van der Waals surface area (Å²) in [5, 5.41) is 0. The van der Waals surface area contributed by atoms with Gasteiger partial charge in [0.05, 0.1) is 27.7 Å². The Morgan fingerprint density at radius 1 is 0.364 bits per heavy atom. The normalized spacial score (nSPS) is 13.5. The van der Waals surface area contributed by atoms with Crippen molar-refractivity contribution in [2.75, 3.05) is 47.5 Å². The number of nitrogens with zero attached hydrogens (tertiary/aromatic N) is 1. The fourth-order valence-electron chi connectivity index (χ4n) is 11.0. The van der Waals surface area contributed by atoms with E-state index in [1.807, 2.05) is 21.1 Å². The molecule has 0 bridgehead atoms. The van der Waals surface area contributed by atoms with Gasteiger partial charge in [-0.15, -0.1) is 0 Å². The number of allylic oxidation sites excluding steroid dienone is 12. The minimum Gasteiger partial charge on any atom is -0.756 e. The minimum absolute atomic E-state index is 0.0296. The first-order chi connectivity index (χ1) is 43.0. The van der Waals surface area contributed by atoms with Crippen LogP contribution in [0.15, 0.2) is 72.9 Å². The van der Waals surface area contributed by atoms with E-state index in [-0.39, 0.29) is 32.0 Å². The lowest BCUT2D eigenvalue weighted by atomic mass is 10.0. The Morgan fingerprint density at radius 3 is 0.966 bits per heavy atom. The van der Waals surface area contributed by atoms with Gasteiger partial charge in [-0.25, -0.2) is 0 Å². The zero-order valence-corrected chi connectivity index (χ0v) is 59.6. The van der Waals surface area contributed by atoms with Crippen molar-refractivity contribution in [1.82, 2.24) is 0 Å². The summed E-state index contributed by atoms with van der Waals surface area (Å²) in [6, 6.07) is 0. The van der Waals surface area contributed by atoms with Crippen LogP contribution in [-0.4, -0.2) is 70.0 Å². The molecule has 0 aromatic carbocycles. The number of carbonyl (C=O) groups excluding carboxylic acids is 2. The molecule has 0 aromatic rings. The zero-order valence-electron chi connectivity index (χ0n) is 58.7. The summed E-state index contributed by atoms with van der Waals surface area (Å²) >= 11 is 0. The van der Waals surface area contributed by atoms with Crippen LogP contribution < -0.4 is 4.89 Å². The van der Waals surface area contributed by atoms with E-state index in [0.29, 0.717) is 17.4 Å². The molecule has 0 spiro atoms. The molecule has 0 fully saturated rings. The quantitative estimate of drug-likeness (QED) is 0.0195. The van der Waals surface area contributed by atoms with E-state index >= 15 is 0 Å². The van der Waals surface area contributed by atoms with Crippen molar-refractivity contribution < 1.29 is 42.1 Å². The van der Waals surface area contributed by atoms with Crippen LogP contribution >= 0.6 is 7.82 Å². The van der Waals surface area contributed by atoms with E-state index in [0.717, 1.165) is 64.2 Å². The van der Waals surface area contributed by atoms with Gasteiger partial charge in [0, 0.05) is 12.8 Å². The highest BCUT2D eigenvalue weighted by Crippen LogP contribution is 2.38. The van der Waals surface area contributed by atoms with Gasteiger partial charge in [-0.2, -0.15) is 0 Å². The molecule has 2 unspecified atom stereocenters. The Hall–Kier alpha value is -2.55. The molecule has 514 valence electrons. The lowest BCUT2D eigenvalue weighted by molar-refractivity contribution is -0.870. The Labute approximate surface area is 546 Å². The summed E-state index contributed by atoms with van der Waals surface area (Å²) in [6.45, 7) is 4.17. The molecule has 0 aromatic heterocycles. The lowest BCUT2D eigenvalue weighted by Gasteiger charge is -2.28. The van der Waals surface area contributed by atoms with Crippen LogP contribution in [0.25, 0.3) is 0 Å². The summed E-state index contributed by atoms with van der Waals surface area (Å²) in [6.07, 6.45) is 92.9. The van der Waals surface area contributed by atoms with Crippen molar-refractivity contribution in [2.24, 2.45) is 0 Å². The highest BCUT2D eigenvalue weighted by atomic mass is 31.2. The van der Waals surface area contributed by atoms with Gasteiger partial charge >= 0.3 is 11.9 Å². The fourth-order valence-corrected chi connectivity index (χ4v) is 11.7. The van der Waals surface area contributed by atoms with Crippen molar-refractivity contribution in [1.29, 1.82) is 0 Å². The van der Waals surface area contributed by atoms with Crippen molar-refractivity contribution in [3.8, 4) is 0 Å². The van der Waals surface area contributed by atoms with Gasteiger partial charge in [-0.3, -0.25) is 14.2 Å². The predicted octanol–water partition coefficient (Wildman–Crippen LogP) is 24.1. The van der Waals surface area contributed by atoms with E-state index in [1.165, 1.54) is 263 Å². The highest BCUT2D eigenvalue weighted by molar-refractivity contribution is 7.45. The molecule has 0 aliphatic heterocycles. The molecule has 0 saturated carbocycles. The Balaban J connectivity index is 3.94. The number of esters is 2. The fraction of sp³-hybridized carbons (Fsp3) is 0.821. The van der Waals surface area contributed by atoms with Crippen molar-refractivity contribution in [3.05, 3.63) is 72.9 Å². The maximum atomic E-state index is 12.9. The molecule has 0 radical (unpaired) electrons. The Bertz CT molecular complexity index is 1710. The predicted molar refractivity (Wildman–Crippen MR) is 379 cm³/mol. The van der Waals surface area contributed by atoms with Crippen molar-refractivity contribution >= 4 is 19.8 Å². The van der Waals surface area contributed by atoms with Gasteiger partial charge in [0.2, 0.25) is 0 Å². The van der Waals surface area contributed by atoms with Gasteiger partial charge in [0.25, 0.3) is 7.82 Å². The number of hydrogen-bond donors (Lipinski definition) is 0. The first-order valence-corrected chi connectivity index (χ1v) is 39.1. The Kier molecular flexibility index (Phi) is 66.8. The molecule has 0 N–H and O–H groups in total. The summed E-state index contributed by atoms with van der Waals surface area (Å²) in [4.78, 5) is 38.1. The molecule has 0 saturated heterocycles. The first kappa shape index (κ1) is 85.5. The number of carbonyl (C=O) groups is 2. The van der Waals surface area contributed by atoms with E-state index < -0.39 is 26.5 Å². The van der Waals surface area contributed by atoms with Crippen LogP contribution in [0.5, 0.6) is 0 Å². The monoisotopic (exact) mass is 1250 g/mol. The number of likely N-dealkylation sites (N-methyl/N-ethyl adjacent to an activating group) is 1. The average Bonchev–Trinajstić information content (AvgIpc) is 3.68. The maximum absolute atomic E-state index is 12.9. The number of rotatable bonds is 70. The van der Waals surface area contributed by atoms with E-state index in [4.69, 9.17) is 18.5 Å². The molecule has 0 aliphatic carbocycles. The largest absolute Gasteiger partial charge is 0.756 e. The molecule has 0 rings (SSSR count). The van der Waals surface area contributed by atoms with Crippen LogP contribution in [0.4, 0.5) is 0 Å². The van der Waals surface area contributed by atoms with Gasteiger partial charge < -0.3 is 27.9 Å². The molecule has 2 atom stereocenters. The second-order valence-corrected chi connectivity index (χ2v) is 28.0. The smallest absolute Gasteiger partial charge is 0.306 e. The number of hydrogen-bond acceptors (Lipinski definition) is 8. The lowest BCUT2D eigenvalue weighted by Crippen LogP contribution is -2.37.